The normalized spacial score (nSPS) is 13.7. The molecule has 0 heterocycles. The zero-order valence-corrected chi connectivity index (χ0v) is 12.6. The minimum absolute atomic E-state index is 0.219. The molecular weight excluding hydrogens is 262 g/mol. The van der Waals surface area contributed by atoms with Crippen LogP contribution in [0, 0.1) is 0 Å². The third-order valence-electron chi connectivity index (χ3n) is 3.75. The van der Waals surface area contributed by atoms with Crippen LogP contribution in [0.25, 0.3) is 0 Å². The van der Waals surface area contributed by atoms with Gasteiger partial charge >= 0.3 is 0 Å². The van der Waals surface area contributed by atoms with Gasteiger partial charge in [0.2, 0.25) is 0 Å². The van der Waals surface area contributed by atoms with Crippen LogP contribution in [-0.4, -0.2) is 11.7 Å². The van der Waals surface area contributed by atoms with Gasteiger partial charge in [0.1, 0.15) is 18.5 Å². The number of benzene rings is 2. The Labute approximate surface area is 126 Å². The predicted molar refractivity (Wildman–Crippen MR) is 86.5 cm³/mol. The monoisotopic (exact) mass is 285 g/mol. The fraction of sp³-hybridized carbons (Fsp3) is 0.333. The lowest BCUT2D eigenvalue weighted by atomic mass is 9.98. The van der Waals surface area contributed by atoms with Gasteiger partial charge in [-0.2, -0.15) is 0 Å². The maximum absolute atomic E-state index is 10.2. The summed E-state index contributed by atoms with van der Waals surface area (Å²) in [6.07, 6.45) is 0.372. The molecule has 0 aliphatic carbocycles. The van der Waals surface area contributed by atoms with Crippen LogP contribution < -0.4 is 10.5 Å². The Morgan fingerprint density at radius 3 is 2.62 bits per heavy atom. The Morgan fingerprint density at radius 1 is 1.14 bits per heavy atom. The van der Waals surface area contributed by atoms with Gasteiger partial charge in [-0.05, 0) is 41.7 Å². The van der Waals surface area contributed by atoms with E-state index in [4.69, 9.17) is 10.5 Å². The van der Waals surface area contributed by atoms with E-state index >= 15 is 0 Å². The molecule has 3 heteroatoms. The topological polar surface area (TPSA) is 55.5 Å². The molecule has 0 aromatic heterocycles. The van der Waals surface area contributed by atoms with Gasteiger partial charge in [0.05, 0.1) is 0 Å². The third-order valence-corrected chi connectivity index (χ3v) is 3.75. The second-order valence-electron chi connectivity index (χ2n) is 5.34. The number of anilines is 1. The van der Waals surface area contributed by atoms with E-state index in [2.05, 4.69) is 19.9 Å². The maximum Gasteiger partial charge on any atom is 0.122 e. The first-order chi connectivity index (χ1) is 10.1. The smallest absolute Gasteiger partial charge is 0.122 e. The number of rotatable bonds is 6. The molecule has 0 saturated carbocycles. The van der Waals surface area contributed by atoms with Gasteiger partial charge in [-0.15, -0.1) is 0 Å². The summed E-state index contributed by atoms with van der Waals surface area (Å²) in [7, 11) is 0. The van der Waals surface area contributed by atoms with Crippen LogP contribution in [-0.2, 0) is 0 Å². The van der Waals surface area contributed by atoms with Crippen molar-refractivity contribution in [2.45, 2.75) is 32.3 Å². The second kappa shape index (κ2) is 7.14. The molecule has 0 amide bonds. The lowest BCUT2D eigenvalue weighted by molar-refractivity contribution is 0.107. The third kappa shape index (κ3) is 3.99. The molecule has 0 aliphatic rings. The molecule has 0 fully saturated rings. The highest BCUT2D eigenvalue weighted by molar-refractivity contribution is 5.41. The molecule has 21 heavy (non-hydrogen) atoms. The minimum Gasteiger partial charge on any atom is -0.490 e. The van der Waals surface area contributed by atoms with Crippen molar-refractivity contribution >= 4 is 5.69 Å². The summed E-state index contributed by atoms with van der Waals surface area (Å²) in [5.41, 5.74) is 8.33. The van der Waals surface area contributed by atoms with Crippen molar-refractivity contribution in [2.75, 3.05) is 12.3 Å². The zero-order chi connectivity index (χ0) is 15.2. The number of aliphatic hydroxyl groups is 1. The summed E-state index contributed by atoms with van der Waals surface area (Å²) < 4.78 is 5.83. The van der Waals surface area contributed by atoms with E-state index < -0.39 is 6.10 Å². The van der Waals surface area contributed by atoms with E-state index in [0.717, 1.165) is 17.7 Å². The second-order valence-corrected chi connectivity index (χ2v) is 5.34. The molecule has 2 unspecified atom stereocenters. The van der Waals surface area contributed by atoms with Crippen molar-refractivity contribution in [2.24, 2.45) is 0 Å². The Morgan fingerprint density at radius 2 is 1.90 bits per heavy atom. The van der Waals surface area contributed by atoms with E-state index in [9.17, 15) is 5.11 Å². The summed E-state index contributed by atoms with van der Waals surface area (Å²) in [6.45, 7) is 4.55. The van der Waals surface area contributed by atoms with E-state index in [1.54, 1.807) is 12.1 Å². The molecule has 112 valence electrons. The lowest BCUT2D eigenvalue weighted by Crippen LogP contribution is -2.11. The number of hydrogen-bond acceptors (Lipinski definition) is 3. The Hall–Kier alpha value is -2.00. The number of aliphatic hydroxyl groups excluding tert-OH is 1. The van der Waals surface area contributed by atoms with Crippen molar-refractivity contribution in [3.63, 3.8) is 0 Å². The van der Waals surface area contributed by atoms with E-state index in [-0.39, 0.29) is 6.61 Å². The first-order valence-corrected chi connectivity index (χ1v) is 7.37. The fourth-order valence-electron chi connectivity index (χ4n) is 2.27. The SMILES string of the molecule is CCC(C)c1ccccc1OCC(O)c1cccc(N)c1. The molecular formula is C18H23NO2. The van der Waals surface area contributed by atoms with Crippen molar-refractivity contribution in [1.29, 1.82) is 0 Å². The van der Waals surface area contributed by atoms with Crippen molar-refractivity contribution in [1.82, 2.24) is 0 Å². The van der Waals surface area contributed by atoms with Crippen molar-refractivity contribution in [3.8, 4) is 5.75 Å². The summed E-state index contributed by atoms with van der Waals surface area (Å²) in [5.74, 6) is 1.28. The van der Waals surface area contributed by atoms with Crippen LogP contribution in [0.5, 0.6) is 5.75 Å². The van der Waals surface area contributed by atoms with Crippen LogP contribution in [0.4, 0.5) is 5.69 Å². The van der Waals surface area contributed by atoms with Crippen LogP contribution in [0.15, 0.2) is 48.5 Å². The van der Waals surface area contributed by atoms with Gasteiger partial charge < -0.3 is 15.6 Å². The molecule has 2 aromatic carbocycles. The summed E-state index contributed by atoms with van der Waals surface area (Å²) in [5, 5.41) is 10.2. The molecule has 2 rings (SSSR count). The van der Waals surface area contributed by atoms with E-state index in [0.29, 0.717) is 11.6 Å². The minimum atomic E-state index is -0.682. The van der Waals surface area contributed by atoms with Gasteiger partial charge in [-0.1, -0.05) is 44.2 Å². The molecule has 3 N–H and O–H groups in total. The molecule has 0 bridgehead atoms. The van der Waals surface area contributed by atoms with Gasteiger partial charge in [-0.25, -0.2) is 0 Å². The van der Waals surface area contributed by atoms with Crippen molar-refractivity contribution < 1.29 is 9.84 Å². The highest BCUT2D eigenvalue weighted by atomic mass is 16.5. The standard InChI is InChI=1S/C18H23NO2/c1-3-13(2)16-9-4-5-10-18(16)21-12-17(20)14-7-6-8-15(19)11-14/h4-11,13,17,20H,3,12,19H2,1-2H3. The number of para-hydroxylation sites is 1. The number of nitrogen functional groups attached to an aromatic ring is 1. The van der Waals surface area contributed by atoms with Gasteiger partial charge in [0.15, 0.2) is 0 Å². The van der Waals surface area contributed by atoms with Crippen LogP contribution in [0.1, 0.15) is 43.4 Å². The highest BCUT2D eigenvalue weighted by Gasteiger charge is 2.13. The maximum atomic E-state index is 10.2. The predicted octanol–water partition coefficient (Wildman–Crippen LogP) is 3.89. The lowest BCUT2D eigenvalue weighted by Gasteiger charge is -2.18. The molecule has 3 nitrogen and oxygen atoms in total. The first kappa shape index (κ1) is 15.4. The number of nitrogens with two attached hydrogens (primary N) is 1. The average molecular weight is 285 g/mol. The summed E-state index contributed by atoms with van der Waals surface area (Å²) >= 11 is 0. The molecule has 2 aromatic rings. The number of hydrogen-bond donors (Lipinski definition) is 2. The Bertz CT molecular complexity index is 583. The average Bonchev–Trinajstić information content (AvgIpc) is 2.52. The summed E-state index contributed by atoms with van der Waals surface area (Å²) in [6, 6.07) is 15.3. The van der Waals surface area contributed by atoms with Gasteiger partial charge in [-0.3, -0.25) is 0 Å². The first-order valence-electron chi connectivity index (χ1n) is 7.37. The van der Waals surface area contributed by atoms with E-state index in [1.807, 2.05) is 30.3 Å². The fourth-order valence-corrected chi connectivity index (χ4v) is 2.27. The van der Waals surface area contributed by atoms with Crippen LogP contribution in [0.2, 0.25) is 0 Å². The van der Waals surface area contributed by atoms with Crippen LogP contribution >= 0.6 is 0 Å². The molecule has 2 atom stereocenters. The molecule has 0 radical (unpaired) electrons. The largest absolute Gasteiger partial charge is 0.490 e. The molecule has 0 aliphatic heterocycles. The van der Waals surface area contributed by atoms with Crippen molar-refractivity contribution in [3.05, 3.63) is 59.7 Å². The van der Waals surface area contributed by atoms with E-state index in [1.165, 1.54) is 5.56 Å². The highest BCUT2D eigenvalue weighted by Crippen LogP contribution is 2.29. The quantitative estimate of drug-likeness (QED) is 0.792. The Kier molecular flexibility index (Phi) is 5.23. The Balaban J connectivity index is 2.06. The van der Waals surface area contributed by atoms with Gasteiger partial charge in [0.25, 0.3) is 0 Å². The molecule has 0 spiro atoms. The van der Waals surface area contributed by atoms with Gasteiger partial charge in [0, 0.05) is 5.69 Å². The summed E-state index contributed by atoms with van der Waals surface area (Å²) in [4.78, 5) is 0. The zero-order valence-electron chi connectivity index (χ0n) is 12.6. The molecule has 0 saturated heterocycles. The number of ether oxygens (including phenoxy) is 1. The van der Waals surface area contributed by atoms with Crippen LogP contribution in [0.3, 0.4) is 0 Å².